The van der Waals surface area contributed by atoms with Gasteiger partial charge in [0.2, 0.25) is 0 Å². The van der Waals surface area contributed by atoms with Gasteiger partial charge in [0.15, 0.2) is 0 Å². The zero-order valence-electron chi connectivity index (χ0n) is 17.3. The highest BCUT2D eigenvalue weighted by Gasteiger charge is 2.57. The van der Waals surface area contributed by atoms with E-state index >= 15 is 0 Å². The molecule has 4 saturated carbocycles. The first-order valence-electron chi connectivity index (χ1n) is 11.8. The molecule has 0 amide bonds. The van der Waals surface area contributed by atoms with Gasteiger partial charge in [-0.2, -0.15) is 0 Å². The molecule has 2 nitrogen and oxygen atoms in total. The Morgan fingerprint density at radius 3 is 2.46 bits per heavy atom. The highest BCUT2D eigenvalue weighted by Crippen LogP contribution is 2.65. The van der Waals surface area contributed by atoms with Crippen molar-refractivity contribution in [3.05, 3.63) is 0 Å². The summed E-state index contributed by atoms with van der Waals surface area (Å²) in [6.07, 6.45) is 16.6. The first kappa shape index (κ1) is 19.2. The van der Waals surface area contributed by atoms with Crippen molar-refractivity contribution in [3.8, 4) is 0 Å². The van der Waals surface area contributed by atoms with E-state index in [-0.39, 0.29) is 5.60 Å². The molecule has 8 atom stereocenters. The molecule has 4 aliphatic rings. The summed E-state index contributed by atoms with van der Waals surface area (Å²) < 4.78 is 0. The fraction of sp³-hybridized carbons (Fsp3) is 1.00. The van der Waals surface area contributed by atoms with Gasteiger partial charge in [0.1, 0.15) is 0 Å². The molecule has 4 fully saturated rings. The van der Waals surface area contributed by atoms with Crippen molar-refractivity contribution >= 4 is 0 Å². The normalized spacial score (nSPS) is 50.8. The fourth-order valence-electron chi connectivity index (χ4n) is 8.37. The quantitative estimate of drug-likeness (QED) is 0.629. The third kappa shape index (κ3) is 3.17. The predicted octanol–water partition coefficient (Wildman–Crippen LogP) is 5.56. The standard InChI is InChI=1S/C24H42O2/c1-3-24(26)14-12-19-17(16-24)7-9-21-20(19)11-13-23(2)18(6-4-5-15-25)8-10-22(21)23/h17-22,25-26H,3-16H2,1-2H3/t17-,18-,19-,20+,21+,22-,23+,24-/m0/s1. The molecule has 0 bridgehead atoms. The van der Waals surface area contributed by atoms with Crippen molar-refractivity contribution in [3.63, 3.8) is 0 Å². The second-order valence-corrected chi connectivity index (χ2v) is 10.8. The van der Waals surface area contributed by atoms with E-state index in [1.807, 2.05) is 0 Å². The number of aliphatic hydroxyl groups excluding tert-OH is 1. The van der Waals surface area contributed by atoms with Crippen LogP contribution >= 0.6 is 0 Å². The topological polar surface area (TPSA) is 40.5 Å². The Morgan fingerprint density at radius 2 is 1.69 bits per heavy atom. The second kappa shape index (κ2) is 7.39. The third-order valence-electron chi connectivity index (χ3n) is 9.92. The second-order valence-electron chi connectivity index (χ2n) is 10.8. The summed E-state index contributed by atoms with van der Waals surface area (Å²) in [5.74, 6) is 5.54. The Morgan fingerprint density at radius 1 is 0.885 bits per heavy atom. The van der Waals surface area contributed by atoms with Gasteiger partial charge in [0.25, 0.3) is 0 Å². The minimum absolute atomic E-state index is 0.345. The monoisotopic (exact) mass is 362 g/mol. The van der Waals surface area contributed by atoms with Gasteiger partial charge < -0.3 is 10.2 Å². The van der Waals surface area contributed by atoms with Crippen LogP contribution in [0, 0.1) is 40.9 Å². The van der Waals surface area contributed by atoms with E-state index in [0.29, 0.717) is 12.0 Å². The molecular formula is C24H42O2. The van der Waals surface area contributed by atoms with Crippen molar-refractivity contribution in [2.75, 3.05) is 6.61 Å². The Hall–Kier alpha value is -0.0800. The molecule has 0 spiro atoms. The van der Waals surface area contributed by atoms with Crippen LogP contribution in [-0.4, -0.2) is 22.4 Å². The van der Waals surface area contributed by atoms with Crippen LogP contribution in [0.5, 0.6) is 0 Å². The molecule has 150 valence electrons. The van der Waals surface area contributed by atoms with E-state index in [9.17, 15) is 5.11 Å². The molecule has 26 heavy (non-hydrogen) atoms. The molecule has 0 aromatic heterocycles. The molecule has 2 heteroatoms. The van der Waals surface area contributed by atoms with Gasteiger partial charge in [-0.1, -0.05) is 20.3 Å². The average molecular weight is 363 g/mol. The summed E-state index contributed by atoms with van der Waals surface area (Å²) in [6, 6.07) is 0. The lowest BCUT2D eigenvalue weighted by atomic mass is 9.48. The van der Waals surface area contributed by atoms with Crippen LogP contribution in [0.4, 0.5) is 0 Å². The number of hydrogen-bond donors (Lipinski definition) is 2. The van der Waals surface area contributed by atoms with E-state index in [4.69, 9.17) is 5.11 Å². The molecule has 0 aromatic carbocycles. The van der Waals surface area contributed by atoms with Gasteiger partial charge in [-0.15, -0.1) is 0 Å². The van der Waals surface area contributed by atoms with Gasteiger partial charge in [-0.05, 0) is 118 Å². The molecule has 0 unspecified atom stereocenters. The Balaban J connectivity index is 1.44. The minimum atomic E-state index is -0.345. The maximum atomic E-state index is 10.8. The smallest absolute Gasteiger partial charge is 0.0648 e. The molecular weight excluding hydrogens is 320 g/mol. The summed E-state index contributed by atoms with van der Waals surface area (Å²) in [4.78, 5) is 0. The van der Waals surface area contributed by atoms with E-state index in [1.165, 1.54) is 57.8 Å². The lowest BCUT2D eigenvalue weighted by Crippen LogP contribution is -2.50. The summed E-state index contributed by atoms with van der Waals surface area (Å²) >= 11 is 0. The average Bonchev–Trinajstić information content (AvgIpc) is 2.98. The zero-order chi connectivity index (χ0) is 18.4. The number of unbranched alkanes of at least 4 members (excludes halogenated alkanes) is 1. The highest BCUT2D eigenvalue weighted by molar-refractivity contribution is 5.06. The van der Waals surface area contributed by atoms with Gasteiger partial charge in [-0.25, -0.2) is 0 Å². The van der Waals surface area contributed by atoms with Gasteiger partial charge >= 0.3 is 0 Å². The minimum Gasteiger partial charge on any atom is -0.396 e. The Labute approximate surface area is 161 Å². The lowest BCUT2D eigenvalue weighted by molar-refractivity contribution is -0.107. The molecule has 4 aliphatic carbocycles. The van der Waals surface area contributed by atoms with E-state index < -0.39 is 0 Å². The molecule has 0 aliphatic heterocycles. The van der Waals surface area contributed by atoms with Crippen LogP contribution in [0.2, 0.25) is 0 Å². The Kier molecular flexibility index (Phi) is 5.47. The van der Waals surface area contributed by atoms with Crippen LogP contribution in [-0.2, 0) is 0 Å². The Bertz CT molecular complexity index is 491. The largest absolute Gasteiger partial charge is 0.396 e. The maximum Gasteiger partial charge on any atom is 0.0648 e. The molecule has 0 saturated heterocycles. The highest BCUT2D eigenvalue weighted by atomic mass is 16.3. The van der Waals surface area contributed by atoms with Crippen molar-refractivity contribution in [2.24, 2.45) is 40.9 Å². The van der Waals surface area contributed by atoms with E-state index in [1.54, 1.807) is 0 Å². The van der Waals surface area contributed by atoms with Crippen molar-refractivity contribution in [2.45, 2.75) is 103 Å². The SMILES string of the molecule is CC[C@]1(O)CC[C@H]2[C@@H](CC[C@@H]3[C@@H]2CC[C@]2(C)[C@@H](CCCCO)CC[C@@H]32)C1. The lowest BCUT2D eigenvalue weighted by Gasteiger charge is -2.57. The number of rotatable bonds is 5. The summed E-state index contributed by atoms with van der Waals surface area (Å²) in [7, 11) is 0. The number of aliphatic hydroxyl groups is 2. The molecule has 0 aromatic rings. The summed E-state index contributed by atoms with van der Waals surface area (Å²) in [6.45, 7) is 5.17. The fourth-order valence-corrected chi connectivity index (χ4v) is 8.37. The van der Waals surface area contributed by atoms with Crippen LogP contribution < -0.4 is 0 Å². The zero-order valence-corrected chi connectivity index (χ0v) is 17.3. The van der Waals surface area contributed by atoms with Crippen molar-refractivity contribution in [1.82, 2.24) is 0 Å². The predicted molar refractivity (Wildman–Crippen MR) is 107 cm³/mol. The van der Waals surface area contributed by atoms with E-state index in [2.05, 4.69) is 13.8 Å². The third-order valence-corrected chi connectivity index (χ3v) is 9.92. The number of hydrogen-bond acceptors (Lipinski definition) is 2. The summed E-state index contributed by atoms with van der Waals surface area (Å²) in [5.41, 5.74) is 0.241. The maximum absolute atomic E-state index is 10.8. The van der Waals surface area contributed by atoms with Crippen LogP contribution in [0.25, 0.3) is 0 Å². The molecule has 4 rings (SSSR count). The first-order valence-corrected chi connectivity index (χ1v) is 11.8. The van der Waals surface area contributed by atoms with Gasteiger partial charge in [0, 0.05) is 6.61 Å². The van der Waals surface area contributed by atoms with Crippen molar-refractivity contribution < 1.29 is 10.2 Å². The van der Waals surface area contributed by atoms with Gasteiger partial charge in [-0.3, -0.25) is 0 Å². The molecule has 2 N–H and O–H groups in total. The van der Waals surface area contributed by atoms with Gasteiger partial charge in [0.05, 0.1) is 5.60 Å². The number of fused-ring (bicyclic) bond motifs is 5. The first-order chi connectivity index (χ1) is 12.5. The van der Waals surface area contributed by atoms with Crippen LogP contribution in [0.3, 0.4) is 0 Å². The van der Waals surface area contributed by atoms with Crippen molar-refractivity contribution in [1.29, 1.82) is 0 Å². The summed E-state index contributed by atoms with van der Waals surface area (Å²) in [5, 5.41) is 20.0. The molecule has 0 radical (unpaired) electrons. The van der Waals surface area contributed by atoms with Crippen LogP contribution in [0.1, 0.15) is 97.3 Å². The van der Waals surface area contributed by atoms with Crippen LogP contribution in [0.15, 0.2) is 0 Å². The van der Waals surface area contributed by atoms with E-state index in [0.717, 1.165) is 61.2 Å². The molecule has 0 heterocycles.